The lowest BCUT2D eigenvalue weighted by atomic mass is 9.84. The van der Waals surface area contributed by atoms with Crippen LogP contribution in [0.2, 0.25) is 0 Å². The molecule has 11 heteroatoms. The molecule has 4 atom stereocenters. The second-order valence-electron chi connectivity index (χ2n) is 17.4. The second kappa shape index (κ2) is 19.6. The first-order valence-electron chi connectivity index (χ1n) is 20.2. The molecule has 1 saturated heterocycles. The van der Waals surface area contributed by atoms with E-state index in [1.165, 1.54) is 7.11 Å². The summed E-state index contributed by atoms with van der Waals surface area (Å²) in [5.74, 6) is -0.527. The largest absolute Gasteiger partial charge is 0.453 e. The third-order valence-electron chi connectivity index (χ3n) is 10.6. The number of alkyl carbamates (subject to hydrolysis) is 1. The Kier molecular flexibility index (Phi) is 14.7. The van der Waals surface area contributed by atoms with Gasteiger partial charge in [-0.3, -0.25) is 14.6 Å². The van der Waals surface area contributed by atoms with Crippen LogP contribution in [0.25, 0.3) is 11.3 Å². The zero-order valence-electron chi connectivity index (χ0n) is 35.0. The molecule has 1 aliphatic rings. The van der Waals surface area contributed by atoms with Crippen molar-refractivity contribution in [2.75, 3.05) is 20.2 Å². The maximum Gasteiger partial charge on any atom is 0.407 e. The maximum absolute atomic E-state index is 14.5. The first-order valence-corrected chi connectivity index (χ1v) is 20.2. The molecule has 2 heterocycles. The minimum atomic E-state index is -0.860. The highest BCUT2D eigenvalue weighted by molar-refractivity contribution is 5.89. The third kappa shape index (κ3) is 12.1. The third-order valence-corrected chi connectivity index (χ3v) is 10.6. The summed E-state index contributed by atoms with van der Waals surface area (Å²) in [5.41, 5.74) is 3.81. The predicted molar refractivity (Wildman–Crippen MR) is 228 cm³/mol. The van der Waals surface area contributed by atoms with Crippen LogP contribution in [0.4, 0.5) is 9.59 Å². The number of urea groups is 1. The lowest BCUT2D eigenvalue weighted by Crippen LogP contribution is -2.57. The van der Waals surface area contributed by atoms with Gasteiger partial charge in [-0.05, 0) is 65.3 Å². The zero-order chi connectivity index (χ0) is 41.9. The second-order valence-corrected chi connectivity index (χ2v) is 17.4. The molecular formula is C47H60N6O5. The quantitative estimate of drug-likeness (QED) is 0.108. The van der Waals surface area contributed by atoms with E-state index in [2.05, 4.69) is 20.9 Å². The van der Waals surface area contributed by atoms with Crippen molar-refractivity contribution in [1.29, 1.82) is 0 Å². The molecule has 0 spiro atoms. The van der Waals surface area contributed by atoms with Crippen molar-refractivity contribution in [3.63, 3.8) is 0 Å². The highest BCUT2D eigenvalue weighted by Crippen LogP contribution is 2.29. The monoisotopic (exact) mass is 788 g/mol. The molecule has 1 fully saturated rings. The molecule has 0 aliphatic carbocycles. The van der Waals surface area contributed by atoms with E-state index in [9.17, 15) is 19.2 Å². The Hall–Kier alpha value is -5.71. The van der Waals surface area contributed by atoms with E-state index in [0.29, 0.717) is 45.3 Å². The average Bonchev–Trinajstić information content (AvgIpc) is 3.53. The van der Waals surface area contributed by atoms with E-state index < -0.39 is 29.0 Å². The van der Waals surface area contributed by atoms with Gasteiger partial charge in [0, 0.05) is 43.5 Å². The van der Waals surface area contributed by atoms with Gasteiger partial charge in [0.05, 0.1) is 12.8 Å². The van der Waals surface area contributed by atoms with Crippen molar-refractivity contribution < 1.29 is 23.9 Å². The van der Waals surface area contributed by atoms with E-state index >= 15 is 0 Å². The van der Waals surface area contributed by atoms with Crippen LogP contribution in [0.15, 0.2) is 109 Å². The minimum Gasteiger partial charge on any atom is -0.453 e. The van der Waals surface area contributed by atoms with Gasteiger partial charge in [0.1, 0.15) is 12.1 Å². The summed E-state index contributed by atoms with van der Waals surface area (Å²) in [7, 11) is 1.27. The molecule has 3 aromatic carbocycles. The van der Waals surface area contributed by atoms with Crippen LogP contribution in [0, 0.1) is 10.8 Å². The van der Waals surface area contributed by atoms with Gasteiger partial charge in [0.2, 0.25) is 11.8 Å². The molecular weight excluding hydrogens is 729 g/mol. The number of nitrogens with one attached hydrogen (secondary N) is 3. The molecule has 11 nitrogen and oxygen atoms in total. The molecule has 0 bridgehead atoms. The van der Waals surface area contributed by atoms with Gasteiger partial charge in [-0.25, -0.2) is 9.59 Å². The van der Waals surface area contributed by atoms with Crippen molar-refractivity contribution in [2.45, 2.75) is 97.9 Å². The van der Waals surface area contributed by atoms with Gasteiger partial charge in [0.25, 0.3) is 0 Å². The first-order chi connectivity index (χ1) is 27.6. The van der Waals surface area contributed by atoms with E-state index in [0.717, 1.165) is 27.9 Å². The van der Waals surface area contributed by atoms with Gasteiger partial charge in [-0.2, -0.15) is 0 Å². The highest BCUT2D eigenvalue weighted by Gasteiger charge is 2.44. The number of aromatic nitrogens is 1. The van der Waals surface area contributed by atoms with Gasteiger partial charge in [0.15, 0.2) is 0 Å². The van der Waals surface area contributed by atoms with Crippen molar-refractivity contribution in [3.05, 3.63) is 126 Å². The van der Waals surface area contributed by atoms with Gasteiger partial charge in [-0.15, -0.1) is 0 Å². The summed E-state index contributed by atoms with van der Waals surface area (Å²) in [6.45, 7) is 13.1. The van der Waals surface area contributed by atoms with Crippen LogP contribution in [0.1, 0.15) is 71.1 Å². The van der Waals surface area contributed by atoms with Crippen molar-refractivity contribution in [3.8, 4) is 11.3 Å². The van der Waals surface area contributed by atoms with E-state index in [1.54, 1.807) is 16.0 Å². The summed E-state index contributed by atoms with van der Waals surface area (Å²) in [5, 5.41) is 9.34. The molecule has 5 amide bonds. The lowest BCUT2D eigenvalue weighted by Gasteiger charge is -2.37. The fourth-order valence-corrected chi connectivity index (χ4v) is 7.59. The SMILES string of the molecule is COC(=O)N[C@H](C(=O)N[C@@H](CC[C@@H](Cc1ccccc1)NC(=O)[C@@H](N1CCN(Cc2ccccc2)C1=O)C(C)(C)C)Cc1ccc(-c2ccccn2)cc1)C(C)(C)C. The Morgan fingerprint density at radius 3 is 1.76 bits per heavy atom. The van der Waals surface area contributed by atoms with Crippen LogP contribution in [0.3, 0.4) is 0 Å². The normalized spacial score (nSPS) is 15.3. The van der Waals surface area contributed by atoms with Crippen LogP contribution in [0.5, 0.6) is 0 Å². The molecule has 0 unspecified atom stereocenters. The molecule has 5 rings (SSSR count). The number of benzene rings is 3. The number of carbonyl (C=O) groups is 4. The topological polar surface area (TPSA) is 133 Å². The Labute approximate surface area is 344 Å². The number of rotatable bonds is 16. The molecule has 58 heavy (non-hydrogen) atoms. The molecule has 308 valence electrons. The summed E-state index contributed by atoms with van der Waals surface area (Å²) in [4.78, 5) is 62.8. The van der Waals surface area contributed by atoms with Gasteiger partial charge >= 0.3 is 12.1 Å². The number of nitrogens with zero attached hydrogens (tertiary/aromatic N) is 3. The molecule has 1 aliphatic heterocycles. The average molecular weight is 789 g/mol. The number of hydrogen-bond donors (Lipinski definition) is 3. The fourth-order valence-electron chi connectivity index (χ4n) is 7.59. The van der Waals surface area contributed by atoms with Crippen molar-refractivity contribution in [1.82, 2.24) is 30.7 Å². The van der Waals surface area contributed by atoms with Gasteiger partial charge in [-0.1, -0.05) is 133 Å². The zero-order valence-corrected chi connectivity index (χ0v) is 35.0. The molecule has 3 N–H and O–H groups in total. The first kappa shape index (κ1) is 43.4. The summed E-state index contributed by atoms with van der Waals surface area (Å²) in [6, 6.07) is 31.5. The number of hydrogen-bond acceptors (Lipinski definition) is 6. The number of ether oxygens (including phenoxy) is 1. The van der Waals surface area contributed by atoms with Crippen molar-refractivity contribution in [2.24, 2.45) is 10.8 Å². The number of carbonyl (C=O) groups excluding carboxylic acids is 4. The van der Waals surface area contributed by atoms with E-state index in [4.69, 9.17) is 4.74 Å². The Morgan fingerprint density at radius 1 is 0.672 bits per heavy atom. The molecule has 0 saturated carbocycles. The molecule has 1 aromatic heterocycles. The van der Waals surface area contributed by atoms with Gasteiger partial charge < -0.3 is 30.5 Å². The number of amides is 5. The standard InChI is InChI=1S/C47H60N6O5/c1-46(2,3)40(51-44(56)58-7)42(54)49-37(31-34-21-23-36(24-22-34)39-20-14-15-27-48-39)25-26-38(30-33-16-10-8-11-17-33)50-43(55)41(47(4,5)6)53-29-28-52(45(53)57)32-35-18-12-9-13-19-35/h8-24,27,37-38,40-41H,25-26,28-32H2,1-7H3,(H,49,54)(H,50,55)(H,51,56)/t37-,38-,40+,41+/m0/s1. The van der Waals surface area contributed by atoms with Crippen molar-refractivity contribution >= 4 is 23.9 Å². The summed E-state index contributed by atoms with van der Waals surface area (Å²) in [6.07, 6.45) is 3.21. The smallest absolute Gasteiger partial charge is 0.407 e. The Bertz CT molecular complexity index is 1950. The Balaban J connectivity index is 1.38. The lowest BCUT2D eigenvalue weighted by molar-refractivity contribution is -0.129. The highest BCUT2D eigenvalue weighted by atomic mass is 16.5. The fraction of sp³-hybridized carbons (Fsp3) is 0.426. The van der Waals surface area contributed by atoms with Crippen LogP contribution in [-0.4, -0.2) is 83.1 Å². The molecule has 0 radical (unpaired) electrons. The van der Waals surface area contributed by atoms with E-state index in [-0.39, 0.29) is 29.9 Å². The predicted octanol–water partition coefficient (Wildman–Crippen LogP) is 7.41. The number of methoxy groups -OCH3 is 1. The molecule has 4 aromatic rings. The summed E-state index contributed by atoms with van der Waals surface area (Å²) < 4.78 is 4.86. The maximum atomic E-state index is 14.5. The van der Waals surface area contributed by atoms with Crippen LogP contribution in [-0.2, 0) is 33.7 Å². The Morgan fingerprint density at radius 2 is 1.22 bits per heavy atom. The van der Waals surface area contributed by atoms with E-state index in [1.807, 2.05) is 145 Å². The summed E-state index contributed by atoms with van der Waals surface area (Å²) >= 11 is 0. The number of pyridine rings is 1. The minimum absolute atomic E-state index is 0.149. The van der Waals surface area contributed by atoms with Crippen LogP contribution >= 0.6 is 0 Å². The van der Waals surface area contributed by atoms with Crippen LogP contribution < -0.4 is 16.0 Å².